The number of nitrogens with zero attached hydrogens (tertiary/aromatic N) is 5. The monoisotopic (exact) mass is 411 g/mol. The molecule has 9 nitrogen and oxygen atoms in total. The summed E-state index contributed by atoms with van der Waals surface area (Å²) in [5, 5.41) is 14.8. The molecule has 2 N–H and O–H groups in total. The first-order valence-corrected chi connectivity index (χ1v) is 10.2. The zero-order chi connectivity index (χ0) is 21.2. The smallest absolute Gasteiger partial charge is 0.248 e. The summed E-state index contributed by atoms with van der Waals surface area (Å²) in [6.07, 6.45) is 4.39. The third kappa shape index (κ3) is 6.15. The van der Waals surface area contributed by atoms with Gasteiger partial charge in [-0.3, -0.25) is 0 Å². The van der Waals surface area contributed by atoms with E-state index in [4.69, 9.17) is 9.26 Å². The van der Waals surface area contributed by atoms with Gasteiger partial charge in [0.2, 0.25) is 5.89 Å². The van der Waals surface area contributed by atoms with Crippen molar-refractivity contribution in [3.8, 4) is 5.69 Å². The van der Waals surface area contributed by atoms with Crippen molar-refractivity contribution in [2.45, 2.75) is 39.8 Å². The summed E-state index contributed by atoms with van der Waals surface area (Å²) in [5.41, 5.74) is 2.28. The normalized spacial score (nSPS) is 12.7. The molecule has 0 bridgehead atoms. The molecule has 0 aliphatic carbocycles. The van der Waals surface area contributed by atoms with Crippen LogP contribution in [0.4, 0.5) is 0 Å². The van der Waals surface area contributed by atoms with Crippen molar-refractivity contribution in [3.05, 3.63) is 60.0 Å². The Hall–Kier alpha value is -3.20. The molecule has 0 fully saturated rings. The molecule has 9 heteroatoms. The summed E-state index contributed by atoms with van der Waals surface area (Å²) in [4.78, 5) is 8.87. The van der Waals surface area contributed by atoms with Crippen LogP contribution in [0.1, 0.15) is 44.2 Å². The van der Waals surface area contributed by atoms with Crippen LogP contribution in [0.3, 0.4) is 0 Å². The van der Waals surface area contributed by atoms with Crippen LogP contribution in [0.25, 0.3) is 5.69 Å². The molecule has 1 atom stereocenters. The van der Waals surface area contributed by atoms with Crippen LogP contribution in [-0.4, -0.2) is 45.6 Å². The molecule has 0 spiro atoms. The average Bonchev–Trinajstić information content (AvgIpc) is 3.45. The van der Waals surface area contributed by atoms with E-state index in [1.165, 1.54) is 5.56 Å². The Labute approximate surface area is 176 Å². The zero-order valence-corrected chi connectivity index (χ0v) is 17.7. The quantitative estimate of drug-likeness (QED) is 0.390. The molecule has 0 saturated carbocycles. The number of nitrogens with one attached hydrogen (secondary N) is 2. The molecular weight excluding hydrogens is 382 g/mol. The summed E-state index contributed by atoms with van der Waals surface area (Å²) in [7, 11) is 0. The van der Waals surface area contributed by atoms with Crippen LogP contribution in [0.5, 0.6) is 0 Å². The van der Waals surface area contributed by atoms with Crippen LogP contribution in [-0.2, 0) is 17.7 Å². The van der Waals surface area contributed by atoms with Gasteiger partial charge < -0.3 is 19.9 Å². The highest BCUT2D eigenvalue weighted by Gasteiger charge is 2.13. The van der Waals surface area contributed by atoms with Gasteiger partial charge in [-0.15, -0.1) is 0 Å². The Bertz CT molecular complexity index is 904. The molecule has 0 radical (unpaired) electrons. The molecule has 160 valence electrons. The number of aromatic nitrogens is 4. The van der Waals surface area contributed by atoms with Crippen molar-refractivity contribution in [1.29, 1.82) is 0 Å². The van der Waals surface area contributed by atoms with Gasteiger partial charge in [-0.25, -0.2) is 9.67 Å². The highest BCUT2D eigenvalue weighted by Crippen LogP contribution is 2.13. The second-order valence-electron chi connectivity index (χ2n) is 6.63. The van der Waals surface area contributed by atoms with E-state index in [0.717, 1.165) is 25.2 Å². The Morgan fingerprint density at radius 3 is 2.77 bits per heavy atom. The van der Waals surface area contributed by atoms with E-state index in [1.807, 2.05) is 37.7 Å². The van der Waals surface area contributed by atoms with Crippen LogP contribution in [0.15, 0.2) is 52.2 Å². The lowest BCUT2D eigenvalue weighted by atomic mass is 10.1. The summed E-state index contributed by atoms with van der Waals surface area (Å²) < 4.78 is 12.6. The van der Waals surface area contributed by atoms with E-state index < -0.39 is 0 Å². The van der Waals surface area contributed by atoms with Gasteiger partial charge in [0.05, 0.1) is 5.69 Å². The van der Waals surface area contributed by atoms with Gasteiger partial charge in [-0.1, -0.05) is 17.3 Å². The molecule has 30 heavy (non-hydrogen) atoms. The van der Waals surface area contributed by atoms with Gasteiger partial charge in [0.15, 0.2) is 11.8 Å². The fourth-order valence-corrected chi connectivity index (χ4v) is 2.87. The molecule has 0 aliphatic rings. The predicted octanol–water partition coefficient (Wildman–Crippen LogP) is 2.65. The largest absolute Gasteiger partial charge is 0.371 e. The molecule has 3 rings (SSSR count). The molecule has 2 heterocycles. The Balaban J connectivity index is 1.50. The molecule has 1 aromatic carbocycles. The highest BCUT2D eigenvalue weighted by atomic mass is 16.5. The number of hydrogen-bond donors (Lipinski definition) is 2. The lowest BCUT2D eigenvalue weighted by Gasteiger charge is -2.11. The second kappa shape index (κ2) is 11.1. The van der Waals surface area contributed by atoms with Gasteiger partial charge in [0.1, 0.15) is 12.6 Å². The summed E-state index contributed by atoms with van der Waals surface area (Å²) in [5.74, 6) is 1.71. The minimum atomic E-state index is -0.192. The maximum atomic E-state index is 5.48. The van der Waals surface area contributed by atoms with E-state index in [1.54, 1.807) is 6.20 Å². The molecule has 1 unspecified atom stereocenters. The van der Waals surface area contributed by atoms with Crippen molar-refractivity contribution < 1.29 is 9.26 Å². The summed E-state index contributed by atoms with van der Waals surface area (Å²) >= 11 is 0. The minimum absolute atomic E-state index is 0.192. The minimum Gasteiger partial charge on any atom is -0.371 e. The third-order valence-electron chi connectivity index (χ3n) is 4.39. The lowest BCUT2D eigenvalue weighted by molar-refractivity contribution is 0.0683. The van der Waals surface area contributed by atoms with E-state index in [9.17, 15) is 0 Å². The molecule has 0 saturated heterocycles. The molecule has 0 aliphatic heterocycles. The molecule has 0 amide bonds. The standard InChI is InChI=1S/C21H29N7O2/c1-4-22-21(24-15-19-26-20(27-30-19)16(3)29-5-2)23-13-11-17-7-9-18(10-8-17)28-14-6-12-25-28/h6-10,12,14,16H,4-5,11,13,15H2,1-3H3,(H2,22,23,24). The number of aliphatic imine (C=N–C) groups is 1. The summed E-state index contributed by atoms with van der Waals surface area (Å²) in [6.45, 7) is 8.28. The fraction of sp³-hybridized carbons (Fsp3) is 0.429. The van der Waals surface area contributed by atoms with Gasteiger partial charge in [-0.05, 0) is 51.0 Å². The lowest BCUT2D eigenvalue weighted by Crippen LogP contribution is -2.38. The van der Waals surface area contributed by atoms with Crippen molar-refractivity contribution in [2.24, 2.45) is 4.99 Å². The maximum absolute atomic E-state index is 5.48. The van der Waals surface area contributed by atoms with Crippen LogP contribution in [0.2, 0.25) is 0 Å². The third-order valence-corrected chi connectivity index (χ3v) is 4.39. The Morgan fingerprint density at radius 2 is 2.07 bits per heavy atom. The van der Waals surface area contributed by atoms with Crippen molar-refractivity contribution in [2.75, 3.05) is 19.7 Å². The van der Waals surface area contributed by atoms with Gasteiger partial charge in [0.25, 0.3) is 0 Å². The Morgan fingerprint density at radius 1 is 1.23 bits per heavy atom. The maximum Gasteiger partial charge on any atom is 0.248 e. The number of guanidine groups is 1. The topological polar surface area (TPSA) is 102 Å². The average molecular weight is 412 g/mol. The number of hydrogen-bond acceptors (Lipinski definition) is 6. The Kier molecular flexibility index (Phi) is 7.96. The van der Waals surface area contributed by atoms with Crippen molar-refractivity contribution >= 4 is 5.96 Å². The predicted molar refractivity (Wildman–Crippen MR) is 114 cm³/mol. The number of ether oxygens (including phenoxy) is 1. The number of benzene rings is 1. The van der Waals surface area contributed by atoms with Crippen LogP contribution < -0.4 is 10.6 Å². The van der Waals surface area contributed by atoms with Crippen LogP contribution in [0, 0.1) is 0 Å². The zero-order valence-electron chi connectivity index (χ0n) is 17.7. The number of rotatable bonds is 10. The van der Waals surface area contributed by atoms with Gasteiger partial charge in [-0.2, -0.15) is 10.1 Å². The van der Waals surface area contributed by atoms with Gasteiger partial charge >= 0.3 is 0 Å². The molecular formula is C21H29N7O2. The SMILES string of the molecule is CCNC(=NCc1nc(C(C)OCC)no1)NCCc1ccc(-n2cccn2)cc1. The first-order valence-electron chi connectivity index (χ1n) is 10.2. The first kappa shape index (κ1) is 21.5. The second-order valence-corrected chi connectivity index (χ2v) is 6.63. The van der Waals surface area contributed by atoms with Gasteiger partial charge in [0, 0.05) is 32.1 Å². The molecule has 2 aromatic heterocycles. The van der Waals surface area contributed by atoms with Crippen LogP contribution >= 0.6 is 0 Å². The van der Waals surface area contributed by atoms with E-state index >= 15 is 0 Å². The van der Waals surface area contributed by atoms with E-state index in [0.29, 0.717) is 30.8 Å². The summed E-state index contributed by atoms with van der Waals surface area (Å²) in [6, 6.07) is 10.3. The first-order chi connectivity index (χ1) is 14.7. The van der Waals surface area contributed by atoms with Crippen molar-refractivity contribution in [3.63, 3.8) is 0 Å². The van der Waals surface area contributed by atoms with E-state index in [2.05, 4.69) is 55.1 Å². The van der Waals surface area contributed by atoms with E-state index in [-0.39, 0.29) is 6.10 Å². The fourth-order valence-electron chi connectivity index (χ4n) is 2.87. The molecule has 3 aromatic rings. The van der Waals surface area contributed by atoms with Crippen molar-refractivity contribution in [1.82, 2.24) is 30.6 Å². The highest BCUT2D eigenvalue weighted by molar-refractivity contribution is 5.79.